The smallest absolute Gasteiger partial charge is 0.406 e. The van der Waals surface area contributed by atoms with Crippen LogP contribution in [0, 0.1) is 11.9 Å². The van der Waals surface area contributed by atoms with Gasteiger partial charge in [0, 0.05) is 29.7 Å². The van der Waals surface area contributed by atoms with Crippen LogP contribution in [0.15, 0.2) is 72.9 Å². The van der Waals surface area contributed by atoms with E-state index in [0.717, 1.165) is 27.6 Å². The summed E-state index contributed by atoms with van der Waals surface area (Å²) in [7, 11) is 0. The van der Waals surface area contributed by atoms with E-state index in [1.165, 1.54) is 24.3 Å². The zero-order chi connectivity index (χ0) is 19.7. The molecule has 0 saturated carbocycles. The van der Waals surface area contributed by atoms with Gasteiger partial charge in [-0.1, -0.05) is 30.3 Å². The third kappa shape index (κ3) is 4.01. The monoisotopic (exact) mass is 384 g/mol. The summed E-state index contributed by atoms with van der Waals surface area (Å²) in [4.78, 5) is 0. The molecule has 141 valence electrons. The van der Waals surface area contributed by atoms with Crippen molar-refractivity contribution in [3.05, 3.63) is 90.4 Å². The van der Waals surface area contributed by atoms with Crippen LogP contribution >= 0.6 is 0 Å². The SMILES string of the molecule is Fc1ccc(Cn2c[c]c3cc(-c4ccc(OC(F)(F)F)cc4)ccc32)cc1. The molecule has 0 fully saturated rings. The van der Waals surface area contributed by atoms with E-state index in [9.17, 15) is 17.6 Å². The number of halogens is 4. The fourth-order valence-electron chi connectivity index (χ4n) is 3.07. The summed E-state index contributed by atoms with van der Waals surface area (Å²) < 4.78 is 55.8. The Labute approximate surface area is 158 Å². The molecule has 1 radical (unpaired) electrons. The van der Waals surface area contributed by atoms with Crippen LogP contribution in [0.4, 0.5) is 17.6 Å². The van der Waals surface area contributed by atoms with Crippen LogP contribution in [-0.2, 0) is 6.54 Å². The van der Waals surface area contributed by atoms with Gasteiger partial charge in [-0.25, -0.2) is 4.39 Å². The van der Waals surface area contributed by atoms with E-state index < -0.39 is 6.36 Å². The lowest BCUT2D eigenvalue weighted by molar-refractivity contribution is -0.274. The molecule has 0 saturated heterocycles. The van der Waals surface area contributed by atoms with Crippen molar-refractivity contribution in [2.45, 2.75) is 12.9 Å². The van der Waals surface area contributed by atoms with E-state index in [4.69, 9.17) is 0 Å². The largest absolute Gasteiger partial charge is 0.573 e. The average Bonchev–Trinajstić information content (AvgIpc) is 3.05. The first-order valence-corrected chi connectivity index (χ1v) is 8.49. The Kier molecular flexibility index (Phi) is 4.55. The van der Waals surface area contributed by atoms with Gasteiger partial charge in [-0.2, -0.15) is 0 Å². The second-order valence-corrected chi connectivity index (χ2v) is 6.33. The molecule has 0 aliphatic carbocycles. The summed E-state index contributed by atoms with van der Waals surface area (Å²) >= 11 is 0. The Morgan fingerprint density at radius 1 is 0.857 bits per heavy atom. The lowest BCUT2D eigenvalue weighted by Gasteiger charge is -2.10. The van der Waals surface area contributed by atoms with Crippen molar-refractivity contribution >= 4 is 10.9 Å². The maximum Gasteiger partial charge on any atom is 0.573 e. The molecule has 0 aliphatic heterocycles. The highest BCUT2D eigenvalue weighted by molar-refractivity contribution is 5.85. The van der Waals surface area contributed by atoms with Gasteiger partial charge in [-0.3, -0.25) is 0 Å². The quantitative estimate of drug-likeness (QED) is 0.383. The van der Waals surface area contributed by atoms with Gasteiger partial charge < -0.3 is 9.30 Å². The van der Waals surface area contributed by atoms with Gasteiger partial charge in [0.05, 0.1) is 0 Å². The number of hydrogen-bond donors (Lipinski definition) is 0. The van der Waals surface area contributed by atoms with Crippen molar-refractivity contribution in [1.82, 2.24) is 4.57 Å². The summed E-state index contributed by atoms with van der Waals surface area (Å²) in [6.45, 7) is 0.586. The predicted molar refractivity (Wildman–Crippen MR) is 98.4 cm³/mol. The first-order chi connectivity index (χ1) is 13.4. The molecule has 0 spiro atoms. The van der Waals surface area contributed by atoms with E-state index in [1.807, 2.05) is 29.0 Å². The van der Waals surface area contributed by atoms with Crippen molar-refractivity contribution in [2.75, 3.05) is 0 Å². The maximum absolute atomic E-state index is 13.1. The van der Waals surface area contributed by atoms with Crippen LogP contribution in [0.3, 0.4) is 0 Å². The first kappa shape index (κ1) is 18.1. The number of rotatable bonds is 4. The van der Waals surface area contributed by atoms with Gasteiger partial charge in [-0.15, -0.1) is 13.2 Å². The first-order valence-electron chi connectivity index (χ1n) is 8.49. The normalized spacial score (nSPS) is 11.7. The highest BCUT2D eigenvalue weighted by atomic mass is 19.4. The fraction of sp³-hybridized carbons (Fsp3) is 0.0909. The molecule has 2 nitrogen and oxygen atoms in total. The van der Waals surface area contributed by atoms with Crippen LogP contribution in [0.2, 0.25) is 0 Å². The molecule has 0 atom stereocenters. The Morgan fingerprint density at radius 3 is 2.21 bits per heavy atom. The maximum atomic E-state index is 13.1. The van der Waals surface area contributed by atoms with E-state index in [2.05, 4.69) is 10.8 Å². The number of nitrogens with zero attached hydrogens (tertiary/aromatic N) is 1. The lowest BCUT2D eigenvalue weighted by atomic mass is 10.0. The standard InChI is InChI=1S/C22H14F4NO/c23-19-6-1-15(2-7-19)14-27-12-11-18-13-17(5-10-21(18)27)16-3-8-20(9-4-16)28-22(24,25)26/h1-10,12-13H,14H2. The number of benzene rings is 3. The molecule has 4 aromatic rings. The van der Waals surface area contributed by atoms with Crippen LogP contribution in [-0.4, -0.2) is 10.9 Å². The summed E-state index contributed by atoms with van der Waals surface area (Å²) in [6, 6.07) is 21.0. The minimum absolute atomic E-state index is 0.255. The third-order valence-electron chi connectivity index (χ3n) is 4.37. The second-order valence-electron chi connectivity index (χ2n) is 6.33. The van der Waals surface area contributed by atoms with E-state index >= 15 is 0 Å². The fourth-order valence-corrected chi connectivity index (χ4v) is 3.07. The molecule has 6 heteroatoms. The van der Waals surface area contributed by atoms with Crippen molar-refractivity contribution in [1.29, 1.82) is 0 Å². The average molecular weight is 384 g/mol. The number of hydrogen-bond acceptors (Lipinski definition) is 1. The molecule has 1 aromatic heterocycles. The molecule has 28 heavy (non-hydrogen) atoms. The second kappa shape index (κ2) is 7.03. The molecule has 0 bridgehead atoms. The van der Waals surface area contributed by atoms with Crippen LogP contribution in [0.5, 0.6) is 5.75 Å². The van der Waals surface area contributed by atoms with Gasteiger partial charge in [0.2, 0.25) is 0 Å². The van der Waals surface area contributed by atoms with Gasteiger partial charge in [0.25, 0.3) is 0 Å². The highest BCUT2D eigenvalue weighted by Gasteiger charge is 2.30. The molecule has 3 aromatic carbocycles. The molecule has 4 rings (SSSR count). The van der Waals surface area contributed by atoms with Crippen molar-refractivity contribution < 1.29 is 22.3 Å². The van der Waals surface area contributed by atoms with Gasteiger partial charge in [0.15, 0.2) is 0 Å². The Morgan fingerprint density at radius 2 is 1.54 bits per heavy atom. The minimum Gasteiger partial charge on any atom is -0.406 e. The summed E-state index contributed by atoms with van der Waals surface area (Å²) in [5.74, 6) is -0.529. The molecule has 0 aliphatic rings. The summed E-state index contributed by atoms with van der Waals surface area (Å²) in [5, 5.41) is 0.884. The van der Waals surface area contributed by atoms with Crippen molar-refractivity contribution in [3.63, 3.8) is 0 Å². The van der Waals surface area contributed by atoms with Gasteiger partial charge in [-0.05, 0) is 53.1 Å². The highest BCUT2D eigenvalue weighted by Crippen LogP contribution is 2.29. The van der Waals surface area contributed by atoms with Gasteiger partial charge >= 0.3 is 6.36 Å². The molecular weight excluding hydrogens is 370 g/mol. The number of fused-ring (bicyclic) bond motifs is 1. The zero-order valence-corrected chi connectivity index (χ0v) is 14.5. The predicted octanol–water partition coefficient (Wildman–Crippen LogP) is 6.19. The number of aromatic nitrogens is 1. The zero-order valence-electron chi connectivity index (χ0n) is 14.5. The van der Waals surface area contributed by atoms with E-state index in [0.29, 0.717) is 6.54 Å². The Bertz CT molecular complexity index is 1100. The third-order valence-corrected chi connectivity index (χ3v) is 4.37. The van der Waals surface area contributed by atoms with E-state index in [1.54, 1.807) is 24.3 Å². The topological polar surface area (TPSA) is 14.2 Å². The minimum atomic E-state index is -4.71. The summed E-state index contributed by atoms with van der Waals surface area (Å²) in [6.07, 6.45) is -2.87. The van der Waals surface area contributed by atoms with Crippen LogP contribution < -0.4 is 4.74 Å². The lowest BCUT2D eigenvalue weighted by Crippen LogP contribution is -2.16. The molecule has 0 unspecified atom stereocenters. The number of alkyl halides is 3. The van der Waals surface area contributed by atoms with Crippen LogP contribution in [0.1, 0.15) is 5.56 Å². The van der Waals surface area contributed by atoms with Gasteiger partial charge in [0.1, 0.15) is 11.6 Å². The molecule has 0 amide bonds. The number of ether oxygens (including phenoxy) is 1. The van der Waals surface area contributed by atoms with Crippen molar-refractivity contribution in [2.24, 2.45) is 0 Å². The molecule has 1 heterocycles. The summed E-state index contributed by atoms with van der Waals surface area (Å²) in [5.41, 5.74) is 3.57. The molecule has 0 N–H and O–H groups in total. The Balaban J connectivity index is 1.58. The van der Waals surface area contributed by atoms with Crippen LogP contribution in [0.25, 0.3) is 22.0 Å². The van der Waals surface area contributed by atoms with E-state index in [-0.39, 0.29) is 11.6 Å². The van der Waals surface area contributed by atoms with Crippen molar-refractivity contribution in [3.8, 4) is 16.9 Å². The molecular formula is C22H14F4NO. The Hall–Kier alpha value is -3.28.